The van der Waals surface area contributed by atoms with Crippen LogP contribution in [0.15, 0.2) is 34.2 Å². The lowest BCUT2D eigenvalue weighted by atomic mass is 10.2. The van der Waals surface area contributed by atoms with Gasteiger partial charge < -0.3 is 10.3 Å². The molecule has 25 heavy (non-hydrogen) atoms. The van der Waals surface area contributed by atoms with E-state index in [9.17, 15) is 9.59 Å². The number of hydrogen-bond acceptors (Lipinski definition) is 4. The van der Waals surface area contributed by atoms with Gasteiger partial charge in [0.15, 0.2) is 5.16 Å². The second kappa shape index (κ2) is 9.27. The SMILES string of the molecule is CCCCc1cc(=O)[nH]c(SC(C)C(=O)Nc2cc(Cl)ccc2Cl)n1. The number of unbranched alkanes of at least 4 members (excludes halogenated alkanes) is 1. The molecule has 1 unspecified atom stereocenters. The Balaban J connectivity index is 2.07. The van der Waals surface area contributed by atoms with Crippen molar-refractivity contribution in [1.82, 2.24) is 9.97 Å². The summed E-state index contributed by atoms with van der Waals surface area (Å²) in [5.74, 6) is -0.254. The Morgan fingerprint density at radius 1 is 1.36 bits per heavy atom. The minimum absolute atomic E-state index is 0.214. The number of halogens is 2. The van der Waals surface area contributed by atoms with Crippen LogP contribution in [0.3, 0.4) is 0 Å². The third-order valence-corrected chi connectivity index (χ3v) is 4.95. The summed E-state index contributed by atoms with van der Waals surface area (Å²) >= 11 is 13.2. The van der Waals surface area contributed by atoms with Crippen LogP contribution in [0.4, 0.5) is 5.69 Å². The summed E-state index contributed by atoms with van der Waals surface area (Å²) < 4.78 is 0. The van der Waals surface area contributed by atoms with E-state index in [0.717, 1.165) is 25.0 Å². The molecule has 0 saturated carbocycles. The standard InChI is InChI=1S/C17H19Cl2N3O2S/c1-3-4-5-12-9-15(23)22-17(20-12)25-10(2)16(24)21-14-8-11(18)6-7-13(14)19/h6-10H,3-5H2,1-2H3,(H,21,24)(H,20,22,23). The third-order valence-electron chi connectivity index (χ3n) is 3.40. The molecule has 134 valence electrons. The first-order valence-corrected chi connectivity index (χ1v) is 9.55. The second-order valence-corrected chi connectivity index (χ2v) is 7.69. The number of hydrogen-bond donors (Lipinski definition) is 2. The molecule has 0 spiro atoms. The van der Waals surface area contributed by atoms with E-state index in [1.165, 1.54) is 17.8 Å². The van der Waals surface area contributed by atoms with Gasteiger partial charge in [0.1, 0.15) is 0 Å². The molecule has 0 radical (unpaired) electrons. The van der Waals surface area contributed by atoms with Gasteiger partial charge in [-0.25, -0.2) is 4.98 Å². The number of carbonyl (C=O) groups excluding carboxylic acids is 1. The molecule has 1 aromatic carbocycles. The van der Waals surface area contributed by atoms with Gasteiger partial charge in [0.05, 0.1) is 16.0 Å². The average molecular weight is 400 g/mol. The molecule has 0 aliphatic rings. The first-order chi connectivity index (χ1) is 11.9. The molecule has 5 nitrogen and oxygen atoms in total. The lowest BCUT2D eigenvalue weighted by Gasteiger charge is -2.13. The van der Waals surface area contributed by atoms with Crippen molar-refractivity contribution in [3.05, 3.63) is 50.4 Å². The van der Waals surface area contributed by atoms with Crippen LogP contribution < -0.4 is 10.9 Å². The van der Waals surface area contributed by atoms with E-state index in [1.54, 1.807) is 25.1 Å². The van der Waals surface area contributed by atoms with Gasteiger partial charge >= 0.3 is 0 Å². The van der Waals surface area contributed by atoms with Gasteiger partial charge in [-0.2, -0.15) is 0 Å². The van der Waals surface area contributed by atoms with Crippen LogP contribution in [-0.2, 0) is 11.2 Å². The lowest BCUT2D eigenvalue weighted by molar-refractivity contribution is -0.115. The number of aromatic amines is 1. The number of rotatable bonds is 7. The highest BCUT2D eigenvalue weighted by Crippen LogP contribution is 2.27. The first-order valence-electron chi connectivity index (χ1n) is 7.92. The molecule has 1 heterocycles. The fraction of sp³-hybridized carbons (Fsp3) is 0.353. The van der Waals surface area contributed by atoms with Crippen molar-refractivity contribution >= 4 is 46.6 Å². The molecular weight excluding hydrogens is 381 g/mol. The summed E-state index contributed by atoms with van der Waals surface area (Å²) in [6.45, 7) is 3.81. The summed E-state index contributed by atoms with van der Waals surface area (Å²) in [6, 6.07) is 6.35. The molecule has 1 amide bonds. The van der Waals surface area contributed by atoms with Crippen LogP contribution >= 0.6 is 35.0 Å². The Hall–Kier alpha value is -1.50. The highest BCUT2D eigenvalue weighted by atomic mass is 35.5. The first kappa shape index (κ1) is 19.8. The highest BCUT2D eigenvalue weighted by Gasteiger charge is 2.17. The largest absolute Gasteiger partial charge is 0.324 e. The van der Waals surface area contributed by atoms with E-state index < -0.39 is 5.25 Å². The van der Waals surface area contributed by atoms with E-state index in [1.807, 2.05) is 0 Å². The van der Waals surface area contributed by atoms with Crippen molar-refractivity contribution in [3.8, 4) is 0 Å². The molecule has 0 aliphatic carbocycles. The van der Waals surface area contributed by atoms with Crippen LogP contribution in [0.1, 0.15) is 32.4 Å². The van der Waals surface area contributed by atoms with Gasteiger partial charge in [-0.1, -0.05) is 48.3 Å². The molecule has 2 aromatic rings. The minimum Gasteiger partial charge on any atom is -0.324 e. The fourth-order valence-corrected chi connectivity index (χ4v) is 3.24. The molecule has 8 heteroatoms. The van der Waals surface area contributed by atoms with Crippen molar-refractivity contribution < 1.29 is 4.79 Å². The summed E-state index contributed by atoms with van der Waals surface area (Å²) in [4.78, 5) is 31.2. The van der Waals surface area contributed by atoms with Crippen LogP contribution in [0.5, 0.6) is 0 Å². The number of benzene rings is 1. The van der Waals surface area contributed by atoms with Gasteiger partial charge in [-0.15, -0.1) is 0 Å². The van der Waals surface area contributed by atoms with E-state index in [2.05, 4.69) is 22.2 Å². The Morgan fingerprint density at radius 2 is 2.12 bits per heavy atom. The van der Waals surface area contributed by atoms with E-state index in [-0.39, 0.29) is 11.5 Å². The van der Waals surface area contributed by atoms with Gasteiger partial charge in [0.2, 0.25) is 5.91 Å². The number of thioether (sulfide) groups is 1. The molecular formula is C17H19Cl2N3O2S. The molecule has 0 fully saturated rings. The smallest absolute Gasteiger partial charge is 0.251 e. The molecule has 0 bridgehead atoms. The topological polar surface area (TPSA) is 74.8 Å². The Kier molecular flexibility index (Phi) is 7.35. The average Bonchev–Trinajstić information content (AvgIpc) is 2.55. The molecule has 1 atom stereocenters. The van der Waals surface area contributed by atoms with Crippen molar-refractivity contribution in [2.45, 2.75) is 43.5 Å². The molecule has 2 rings (SSSR count). The summed E-state index contributed by atoms with van der Waals surface area (Å²) in [6.07, 6.45) is 2.73. The summed E-state index contributed by atoms with van der Waals surface area (Å²) in [5, 5.41) is 3.58. The van der Waals surface area contributed by atoms with Crippen molar-refractivity contribution in [2.24, 2.45) is 0 Å². The lowest BCUT2D eigenvalue weighted by Crippen LogP contribution is -2.23. The number of nitrogens with zero attached hydrogens (tertiary/aromatic N) is 1. The summed E-state index contributed by atoms with van der Waals surface area (Å²) in [5.41, 5.74) is 0.970. The number of anilines is 1. The number of aryl methyl sites for hydroxylation is 1. The van der Waals surface area contributed by atoms with Crippen LogP contribution in [-0.4, -0.2) is 21.1 Å². The van der Waals surface area contributed by atoms with Crippen LogP contribution in [0, 0.1) is 0 Å². The number of aromatic nitrogens is 2. The maximum Gasteiger partial charge on any atom is 0.251 e. The minimum atomic E-state index is -0.473. The van der Waals surface area contributed by atoms with Gasteiger partial charge in [-0.3, -0.25) is 9.59 Å². The van der Waals surface area contributed by atoms with Crippen molar-refractivity contribution in [3.63, 3.8) is 0 Å². The van der Waals surface area contributed by atoms with Crippen molar-refractivity contribution in [2.75, 3.05) is 5.32 Å². The van der Waals surface area contributed by atoms with Gasteiger partial charge in [0.25, 0.3) is 5.56 Å². The predicted octanol–water partition coefficient (Wildman–Crippen LogP) is 4.54. The second-order valence-electron chi connectivity index (χ2n) is 5.52. The third kappa shape index (κ3) is 6.06. The number of carbonyl (C=O) groups is 1. The molecule has 0 aliphatic heterocycles. The number of H-pyrrole nitrogens is 1. The van der Waals surface area contributed by atoms with Crippen LogP contribution in [0.25, 0.3) is 0 Å². The molecule has 2 N–H and O–H groups in total. The van der Waals surface area contributed by atoms with E-state index >= 15 is 0 Å². The maximum absolute atomic E-state index is 12.4. The monoisotopic (exact) mass is 399 g/mol. The highest BCUT2D eigenvalue weighted by molar-refractivity contribution is 8.00. The molecule has 0 saturated heterocycles. The van der Waals surface area contributed by atoms with E-state index in [4.69, 9.17) is 23.2 Å². The van der Waals surface area contributed by atoms with Gasteiger partial charge in [0, 0.05) is 16.8 Å². The van der Waals surface area contributed by atoms with Gasteiger partial charge in [-0.05, 0) is 38.0 Å². The summed E-state index contributed by atoms with van der Waals surface area (Å²) in [7, 11) is 0. The van der Waals surface area contributed by atoms with E-state index in [0.29, 0.717) is 20.9 Å². The predicted molar refractivity (Wildman–Crippen MR) is 104 cm³/mol. The number of amides is 1. The quantitative estimate of drug-likeness (QED) is 0.529. The molecule has 1 aromatic heterocycles. The van der Waals surface area contributed by atoms with Crippen molar-refractivity contribution in [1.29, 1.82) is 0 Å². The normalized spacial score (nSPS) is 12.0. The Labute approximate surface area is 160 Å². The Morgan fingerprint density at radius 3 is 2.84 bits per heavy atom. The zero-order chi connectivity index (χ0) is 18.4. The maximum atomic E-state index is 12.4. The van der Waals surface area contributed by atoms with Crippen LogP contribution in [0.2, 0.25) is 10.0 Å². The zero-order valence-corrected chi connectivity index (χ0v) is 16.3. The fourth-order valence-electron chi connectivity index (χ4n) is 2.07. The Bertz CT molecular complexity index is 811. The number of nitrogens with one attached hydrogen (secondary N) is 2. The zero-order valence-electron chi connectivity index (χ0n) is 13.9.